The van der Waals surface area contributed by atoms with Crippen molar-refractivity contribution in [2.24, 2.45) is 0 Å². The second-order valence-electron chi connectivity index (χ2n) is 13.4. The number of rotatable bonds is 6. The molecule has 3 atom stereocenters. The maximum absolute atomic E-state index is 13.8. The molecule has 0 saturated carbocycles. The Morgan fingerprint density at radius 3 is 2.43 bits per heavy atom. The lowest BCUT2D eigenvalue weighted by molar-refractivity contribution is -0.132. The van der Waals surface area contributed by atoms with Crippen LogP contribution in [0.15, 0.2) is 66.9 Å². The zero-order valence-corrected chi connectivity index (χ0v) is 30.7. The van der Waals surface area contributed by atoms with Gasteiger partial charge in [-0.2, -0.15) is 0 Å². The van der Waals surface area contributed by atoms with Crippen LogP contribution in [0.5, 0.6) is 23.0 Å². The van der Waals surface area contributed by atoms with E-state index in [-0.39, 0.29) is 25.1 Å². The molecule has 0 unspecified atom stereocenters. The topological polar surface area (TPSA) is 178 Å². The molecule has 3 aromatic carbocycles. The number of aliphatic hydroxyl groups excluding tert-OH is 1. The van der Waals surface area contributed by atoms with Gasteiger partial charge >= 0.3 is 0 Å². The molecule has 3 amide bonds. The predicted molar refractivity (Wildman–Crippen MR) is 198 cm³/mol. The fourth-order valence-corrected chi connectivity index (χ4v) is 6.33. The van der Waals surface area contributed by atoms with Gasteiger partial charge in [-0.15, -0.1) is 5.10 Å². The molecule has 4 N–H and O–H groups in total. The van der Waals surface area contributed by atoms with Gasteiger partial charge in [-0.05, 0) is 60.9 Å². The van der Waals surface area contributed by atoms with Gasteiger partial charge < -0.3 is 40.0 Å². The van der Waals surface area contributed by atoms with E-state index in [1.54, 1.807) is 16.8 Å². The highest BCUT2D eigenvalue weighted by Crippen LogP contribution is 2.33. The average molecular weight is 742 g/mol. The number of carbonyl (C=O) groups excluding carboxylic acids is 3. The van der Waals surface area contributed by atoms with Gasteiger partial charge in [0.2, 0.25) is 11.8 Å². The Labute approximate surface area is 313 Å². The van der Waals surface area contributed by atoms with Gasteiger partial charge in [0.05, 0.1) is 25.5 Å². The first-order chi connectivity index (χ1) is 26.2. The number of hydrogen-bond donors (Lipinski definition) is 4. The Kier molecular flexibility index (Phi) is 12.6. The molecule has 54 heavy (non-hydrogen) atoms. The van der Waals surface area contributed by atoms with Crippen molar-refractivity contribution in [1.29, 1.82) is 0 Å². The number of aryl methyl sites for hydroxylation is 1. The first-order valence-electron chi connectivity index (χ1n) is 18.1. The van der Waals surface area contributed by atoms with Crippen molar-refractivity contribution < 1.29 is 38.4 Å². The van der Waals surface area contributed by atoms with Crippen LogP contribution in [0.2, 0.25) is 0 Å². The standard InChI is InChI=1S/C39H47N7O8/c1-25-19-34-35(54-18-17-53-34)22-29(25)23-45-13-11-30-24-46(44-43-30)15-16-52-32-10-9-28(21-33(32)51-3)37(48)41-31(20-27-7-5-4-6-8-27)38(49)42-36(26(2)47)39(50)40-12-14-45/h4-10,19,21-22,24,26,31,36,47H,11-18,20,23H2,1-3H3,(H,40,50)(H,41,48)(H,42,49)/t26-,31-,36+/m1/s1. The first kappa shape index (κ1) is 38.1. The van der Waals surface area contributed by atoms with Crippen LogP contribution < -0.4 is 34.9 Å². The molecule has 1 aromatic heterocycles. The maximum atomic E-state index is 13.8. The average Bonchev–Trinajstić information content (AvgIpc) is 3.63. The first-order valence-corrected chi connectivity index (χ1v) is 18.1. The van der Waals surface area contributed by atoms with Crippen molar-refractivity contribution in [3.8, 4) is 23.0 Å². The summed E-state index contributed by atoms with van der Waals surface area (Å²) in [6.45, 7) is 6.96. The highest BCUT2D eigenvalue weighted by atomic mass is 16.6. The van der Waals surface area contributed by atoms with E-state index in [0.29, 0.717) is 63.1 Å². The lowest BCUT2D eigenvalue weighted by Crippen LogP contribution is -2.58. The predicted octanol–water partition coefficient (Wildman–Crippen LogP) is 1.83. The molecular formula is C39H47N7O8. The number of nitrogens with one attached hydrogen (secondary N) is 3. The Balaban J connectivity index is 1.26. The lowest BCUT2D eigenvalue weighted by Gasteiger charge is -2.27. The summed E-state index contributed by atoms with van der Waals surface area (Å²) < 4.78 is 24.9. The summed E-state index contributed by atoms with van der Waals surface area (Å²) in [7, 11) is 1.48. The molecule has 0 radical (unpaired) electrons. The molecule has 0 fully saturated rings. The smallest absolute Gasteiger partial charge is 0.252 e. The summed E-state index contributed by atoms with van der Waals surface area (Å²) in [6, 6.07) is 15.6. The van der Waals surface area contributed by atoms with Crippen molar-refractivity contribution in [3.63, 3.8) is 0 Å². The lowest BCUT2D eigenvalue weighted by atomic mass is 10.0. The number of aliphatic hydroxyl groups is 1. The number of ether oxygens (including phenoxy) is 4. The zero-order valence-electron chi connectivity index (χ0n) is 30.7. The van der Waals surface area contributed by atoms with Crippen molar-refractivity contribution in [2.45, 2.75) is 58.0 Å². The number of aromatic nitrogens is 3. The van der Waals surface area contributed by atoms with E-state index in [9.17, 15) is 19.5 Å². The summed E-state index contributed by atoms with van der Waals surface area (Å²) in [4.78, 5) is 43.1. The van der Waals surface area contributed by atoms with E-state index in [4.69, 9.17) is 18.9 Å². The largest absolute Gasteiger partial charge is 0.493 e. The van der Waals surface area contributed by atoms with Crippen LogP contribution in [0.4, 0.5) is 0 Å². The molecule has 3 aliphatic heterocycles. The molecule has 4 heterocycles. The molecule has 4 bridgehead atoms. The van der Waals surface area contributed by atoms with Crippen molar-refractivity contribution in [3.05, 3.63) is 94.8 Å². The number of benzene rings is 3. The quantitative estimate of drug-likeness (QED) is 0.212. The van der Waals surface area contributed by atoms with Crippen LogP contribution in [0.1, 0.15) is 39.7 Å². The molecule has 0 saturated heterocycles. The Hall–Kier alpha value is -5.67. The highest BCUT2D eigenvalue weighted by molar-refractivity contribution is 5.99. The van der Waals surface area contributed by atoms with Gasteiger partial charge in [0.25, 0.3) is 5.91 Å². The van der Waals surface area contributed by atoms with E-state index >= 15 is 0 Å². The van der Waals surface area contributed by atoms with Gasteiger partial charge in [-0.25, -0.2) is 4.68 Å². The molecule has 0 aliphatic carbocycles. The monoisotopic (exact) mass is 741 g/mol. The van der Waals surface area contributed by atoms with Gasteiger partial charge in [-0.3, -0.25) is 19.3 Å². The second kappa shape index (κ2) is 17.9. The van der Waals surface area contributed by atoms with E-state index < -0.39 is 35.9 Å². The van der Waals surface area contributed by atoms with E-state index in [0.717, 1.165) is 28.1 Å². The van der Waals surface area contributed by atoms with E-state index in [2.05, 4.69) is 31.2 Å². The van der Waals surface area contributed by atoms with Crippen molar-refractivity contribution in [1.82, 2.24) is 35.8 Å². The van der Waals surface area contributed by atoms with Crippen molar-refractivity contribution in [2.75, 3.05) is 46.6 Å². The molecule has 7 rings (SSSR count). The van der Waals surface area contributed by atoms with Crippen LogP contribution in [-0.4, -0.2) is 107 Å². The van der Waals surface area contributed by atoms with E-state index in [1.165, 1.54) is 20.1 Å². The molecule has 3 aliphatic rings. The molecule has 0 spiro atoms. The summed E-state index contributed by atoms with van der Waals surface area (Å²) in [5.74, 6) is 0.473. The SMILES string of the molecule is COc1cc2ccc1OCCn1cc(nn1)CCN(Cc1cc3c(cc1C)OCCO3)CCNC(=O)[C@H]([C@@H](C)O)NC(=O)[C@@H](Cc1ccccc1)NC2=O. The number of amides is 3. The number of methoxy groups -OCH3 is 1. The van der Waals surface area contributed by atoms with Gasteiger partial charge in [-0.1, -0.05) is 35.5 Å². The molecule has 286 valence electrons. The minimum absolute atomic E-state index is 0.142. The van der Waals surface area contributed by atoms with Crippen molar-refractivity contribution >= 4 is 17.7 Å². The number of carbonyl (C=O) groups is 3. The Morgan fingerprint density at radius 2 is 1.67 bits per heavy atom. The third-order valence-electron chi connectivity index (χ3n) is 9.36. The van der Waals surface area contributed by atoms with Gasteiger partial charge in [0.1, 0.15) is 31.9 Å². The normalized spacial score (nSPS) is 19.5. The minimum atomic E-state index is -1.28. The fourth-order valence-electron chi connectivity index (χ4n) is 6.33. The number of hydrogen-bond acceptors (Lipinski definition) is 11. The number of nitrogens with zero attached hydrogens (tertiary/aromatic N) is 4. The summed E-state index contributed by atoms with van der Waals surface area (Å²) >= 11 is 0. The highest BCUT2D eigenvalue weighted by Gasteiger charge is 2.30. The third-order valence-corrected chi connectivity index (χ3v) is 9.36. The molecular weight excluding hydrogens is 694 g/mol. The van der Waals surface area contributed by atoms with Crippen LogP contribution in [0.3, 0.4) is 0 Å². The Morgan fingerprint density at radius 1 is 0.907 bits per heavy atom. The fraction of sp³-hybridized carbons (Fsp3) is 0.410. The third kappa shape index (κ3) is 9.85. The van der Waals surface area contributed by atoms with Crippen LogP contribution in [0.25, 0.3) is 0 Å². The Bertz CT molecular complexity index is 1920. The number of fused-ring (bicyclic) bond motifs is 17. The van der Waals surface area contributed by atoms with Crippen LogP contribution >= 0.6 is 0 Å². The molecule has 15 nitrogen and oxygen atoms in total. The van der Waals surface area contributed by atoms with Crippen LogP contribution in [-0.2, 0) is 35.5 Å². The molecule has 15 heteroatoms. The summed E-state index contributed by atoms with van der Waals surface area (Å²) in [6.07, 6.45) is 1.38. The van der Waals surface area contributed by atoms with Gasteiger partial charge in [0.15, 0.2) is 23.0 Å². The zero-order chi connectivity index (χ0) is 38.0. The van der Waals surface area contributed by atoms with Gasteiger partial charge in [0, 0.05) is 50.8 Å². The summed E-state index contributed by atoms with van der Waals surface area (Å²) in [5, 5.41) is 27.7. The molecule has 4 aromatic rings. The summed E-state index contributed by atoms with van der Waals surface area (Å²) in [5.41, 5.74) is 3.92. The minimum Gasteiger partial charge on any atom is -0.493 e. The second-order valence-corrected chi connectivity index (χ2v) is 13.4. The van der Waals surface area contributed by atoms with Crippen LogP contribution in [0, 0.1) is 6.92 Å². The maximum Gasteiger partial charge on any atom is 0.252 e. The van der Waals surface area contributed by atoms with E-state index in [1.807, 2.05) is 55.6 Å².